The fourth-order valence-corrected chi connectivity index (χ4v) is 5.44. The summed E-state index contributed by atoms with van der Waals surface area (Å²) in [5, 5.41) is 0. The van der Waals surface area contributed by atoms with E-state index in [1.54, 1.807) is 17.0 Å². The third-order valence-corrected chi connectivity index (χ3v) is 8.02. The summed E-state index contributed by atoms with van der Waals surface area (Å²) in [5.41, 5.74) is 5.24. The molecule has 0 aliphatic carbocycles. The first-order chi connectivity index (χ1) is 15.3. The van der Waals surface area contributed by atoms with Gasteiger partial charge in [0, 0.05) is 26.2 Å². The second-order valence-electron chi connectivity index (χ2n) is 8.27. The number of piperazine rings is 1. The molecule has 1 saturated heterocycles. The van der Waals surface area contributed by atoms with Crippen LogP contribution in [0.3, 0.4) is 0 Å². The Morgan fingerprint density at radius 1 is 0.781 bits per heavy atom. The molecule has 0 radical (unpaired) electrons. The number of carbonyl (C=O) groups excluding carboxylic acids is 1. The molecule has 1 aliphatic heterocycles. The molecule has 0 atom stereocenters. The summed E-state index contributed by atoms with van der Waals surface area (Å²) in [6.45, 7) is 5.32. The highest BCUT2D eigenvalue weighted by molar-refractivity contribution is 7.89. The number of nitrogens with zero attached hydrogens (tertiary/aromatic N) is 2. The highest BCUT2D eigenvalue weighted by Gasteiger charge is 2.30. The van der Waals surface area contributed by atoms with Crippen LogP contribution in [0, 0.1) is 13.8 Å². The Hall–Kier alpha value is -2.96. The Morgan fingerprint density at radius 2 is 1.41 bits per heavy atom. The zero-order valence-electron chi connectivity index (χ0n) is 18.5. The Labute approximate surface area is 190 Å². The van der Waals surface area contributed by atoms with Crippen molar-refractivity contribution < 1.29 is 13.2 Å². The third-order valence-electron chi connectivity index (χ3n) is 6.12. The normalized spacial score (nSPS) is 15.0. The topological polar surface area (TPSA) is 57.7 Å². The van der Waals surface area contributed by atoms with Gasteiger partial charge in [-0.25, -0.2) is 8.42 Å². The molecule has 0 bridgehead atoms. The molecular weight excluding hydrogens is 420 g/mol. The zero-order chi connectivity index (χ0) is 22.7. The summed E-state index contributed by atoms with van der Waals surface area (Å²) >= 11 is 0. The lowest BCUT2D eigenvalue weighted by Crippen LogP contribution is -2.50. The molecular formula is C26H28N2O3S. The molecule has 0 aromatic heterocycles. The Balaban J connectivity index is 1.36. The van der Waals surface area contributed by atoms with Crippen molar-refractivity contribution >= 4 is 15.9 Å². The van der Waals surface area contributed by atoms with Crippen LogP contribution < -0.4 is 0 Å². The van der Waals surface area contributed by atoms with Crippen molar-refractivity contribution in [3.63, 3.8) is 0 Å². The monoisotopic (exact) mass is 448 g/mol. The van der Waals surface area contributed by atoms with Gasteiger partial charge >= 0.3 is 0 Å². The Morgan fingerprint density at radius 3 is 2.03 bits per heavy atom. The molecule has 6 heteroatoms. The van der Waals surface area contributed by atoms with E-state index in [0.29, 0.717) is 37.5 Å². The van der Waals surface area contributed by atoms with Crippen molar-refractivity contribution in [1.29, 1.82) is 0 Å². The standard InChI is InChI=1S/C26H28N2O3S/c1-20-8-13-25(18-21(20)2)32(30,31)28-16-14-27(15-17-28)26(29)19-22-9-11-24(12-10-22)23-6-4-3-5-7-23/h3-13,18H,14-17,19H2,1-2H3. The van der Waals surface area contributed by atoms with Crippen molar-refractivity contribution in [3.05, 3.63) is 89.5 Å². The van der Waals surface area contributed by atoms with E-state index in [9.17, 15) is 13.2 Å². The number of rotatable bonds is 5. The second kappa shape index (κ2) is 9.27. The van der Waals surface area contributed by atoms with E-state index in [-0.39, 0.29) is 5.91 Å². The highest BCUT2D eigenvalue weighted by atomic mass is 32.2. The van der Waals surface area contributed by atoms with E-state index in [4.69, 9.17) is 0 Å². The molecule has 0 unspecified atom stereocenters. The molecule has 0 spiro atoms. The van der Waals surface area contributed by atoms with Gasteiger partial charge in [0.15, 0.2) is 0 Å². The minimum Gasteiger partial charge on any atom is -0.340 e. The van der Waals surface area contributed by atoms with Gasteiger partial charge in [0.05, 0.1) is 11.3 Å². The molecule has 4 rings (SSSR count). The average molecular weight is 449 g/mol. The summed E-state index contributed by atoms with van der Waals surface area (Å²) in [5.74, 6) is 0.0284. The fraction of sp³-hybridized carbons (Fsp3) is 0.269. The van der Waals surface area contributed by atoms with Gasteiger partial charge in [-0.1, -0.05) is 60.7 Å². The molecule has 1 heterocycles. The van der Waals surface area contributed by atoms with Crippen LogP contribution in [0.15, 0.2) is 77.7 Å². The average Bonchev–Trinajstić information content (AvgIpc) is 2.82. The molecule has 3 aromatic carbocycles. The van der Waals surface area contributed by atoms with E-state index in [0.717, 1.165) is 27.8 Å². The summed E-state index contributed by atoms with van der Waals surface area (Å²) < 4.78 is 27.5. The first kappa shape index (κ1) is 22.2. The second-order valence-corrected chi connectivity index (χ2v) is 10.2. The lowest BCUT2D eigenvalue weighted by molar-refractivity contribution is -0.131. The largest absolute Gasteiger partial charge is 0.340 e. The number of hydrogen-bond acceptors (Lipinski definition) is 3. The van der Waals surface area contributed by atoms with Gasteiger partial charge in [-0.3, -0.25) is 4.79 Å². The lowest BCUT2D eigenvalue weighted by atomic mass is 10.0. The number of benzene rings is 3. The van der Waals surface area contributed by atoms with Crippen molar-refractivity contribution in [1.82, 2.24) is 9.21 Å². The Bertz CT molecular complexity index is 1200. The van der Waals surface area contributed by atoms with Crippen LogP contribution in [0.5, 0.6) is 0 Å². The number of hydrogen-bond donors (Lipinski definition) is 0. The number of sulfonamides is 1. The Kier molecular flexibility index (Phi) is 6.44. The van der Waals surface area contributed by atoms with Gasteiger partial charge in [0.2, 0.25) is 15.9 Å². The maximum Gasteiger partial charge on any atom is 0.243 e. The molecule has 3 aromatic rings. The van der Waals surface area contributed by atoms with E-state index >= 15 is 0 Å². The van der Waals surface area contributed by atoms with Gasteiger partial charge < -0.3 is 4.90 Å². The van der Waals surface area contributed by atoms with Crippen LogP contribution in [0.1, 0.15) is 16.7 Å². The predicted molar refractivity (Wildman–Crippen MR) is 127 cm³/mol. The van der Waals surface area contributed by atoms with Crippen molar-refractivity contribution in [3.8, 4) is 11.1 Å². The number of carbonyl (C=O) groups is 1. The van der Waals surface area contributed by atoms with Crippen LogP contribution >= 0.6 is 0 Å². The number of aryl methyl sites for hydroxylation is 2. The van der Waals surface area contributed by atoms with Crippen LogP contribution in [0.4, 0.5) is 0 Å². The first-order valence-electron chi connectivity index (χ1n) is 10.8. The predicted octanol–water partition coefficient (Wildman–Crippen LogP) is 4.05. The van der Waals surface area contributed by atoms with Gasteiger partial charge in [0.25, 0.3) is 0 Å². The minimum absolute atomic E-state index is 0.0284. The minimum atomic E-state index is -3.55. The summed E-state index contributed by atoms with van der Waals surface area (Å²) in [6.07, 6.45) is 0.318. The molecule has 1 amide bonds. The highest BCUT2D eigenvalue weighted by Crippen LogP contribution is 2.22. The summed E-state index contributed by atoms with van der Waals surface area (Å²) in [6, 6.07) is 23.4. The maximum atomic E-state index is 13.0. The fourth-order valence-electron chi connectivity index (χ4n) is 3.93. The lowest BCUT2D eigenvalue weighted by Gasteiger charge is -2.34. The van der Waals surface area contributed by atoms with Gasteiger partial charge in [-0.2, -0.15) is 4.31 Å². The first-order valence-corrected chi connectivity index (χ1v) is 12.3. The molecule has 1 aliphatic rings. The van der Waals surface area contributed by atoms with Crippen LogP contribution in [0.2, 0.25) is 0 Å². The van der Waals surface area contributed by atoms with Crippen molar-refractivity contribution in [2.24, 2.45) is 0 Å². The van der Waals surface area contributed by atoms with Gasteiger partial charge in [-0.15, -0.1) is 0 Å². The van der Waals surface area contributed by atoms with Gasteiger partial charge in [0.1, 0.15) is 0 Å². The van der Waals surface area contributed by atoms with Crippen LogP contribution in [-0.2, 0) is 21.2 Å². The smallest absolute Gasteiger partial charge is 0.243 e. The zero-order valence-corrected chi connectivity index (χ0v) is 19.3. The molecule has 0 saturated carbocycles. The van der Waals surface area contributed by atoms with Crippen molar-refractivity contribution in [2.75, 3.05) is 26.2 Å². The SMILES string of the molecule is Cc1ccc(S(=O)(=O)N2CCN(C(=O)Cc3ccc(-c4ccccc4)cc3)CC2)cc1C. The van der Waals surface area contributed by atoms with E-state index in [1.807, 2.05) is 62.4 Å². The van der Waals surface area contributed by atoms with E-state index in [1.165, 1.54) is 4.31 Å². The summed E-state index contributed by atoms with van der Waals surface area (Å²) in [4.78, 5) is 14.9. The molecule has 32 heavy (non-hydrogen) atoms. The third kappa shape index (κ3) is 4.76. The quantitative estimate of drug-likeness (QED) is 0.592. The molecule has 0 N–H and O–H groups in total. The maximum absolute atomic E-state index is 13.0. The molecule has 1 fully saturated rings. The molecule has 166 valence electrons. The van der Waals surface area contributed by atoms with Crippen LogP contribution in [-0.4, -0.2) is 49.7 Å². The van der Waals surface area contributed by atoms with Crippen LogP contribution in [0.25, 0.3) is 11.1 Å². The summed E-state index contributed by atoms with van der Waals surface area (Å²) in [7, 11) is -3.55. The van der Waals surface area contributed by atoms with E-state index < -0.39 is 10.0 Å². The molecule has 5 nitrogen and oxygen atoms in total. The van der Waals surface area contributed by atoms with E-state index in [2.05, 4.69) is 12.1 Å². The number of amides is 1. The van der Waals surface area contributed by atoms with Gasteiger partial charge in [-0.05, 0) is 53.8 Å². The van der Waals surface area contributed by atoms with Crippen molar-refractivity contribution in [2.45, 2.75) is 25.2 Å².